The van der Waals surface area contributed by atoms with Crippen LogP contribution in [-0.4, -0.2) is 6.29 Å². The van der Waals surface area contributed by atoms with E-state index in [9.17, 15) is 4.79 Å². The Morgan fingerprint density at radius 3 is 2.44 bits per heavy atom. The van der Waals surface area contributed by atoms with E-state index in [1.54, 1.807) is 0 Å². The first-order valence-electron chi connectivity index (χ1n) is 6.49. The second-order valence-electron chi connectivity index (χ2n) is 4.47. The fraction of sp³-hybridized carbons (Fsp3) is 0.235. The molecule has 0 N–H and O–H groups in total. The Morgan fingerprint density at radius 2 is 1.78 bits per heavy atom. The zero-order chi connectivity index (χ0) is 12.8. The van der Waals surface area contributed by atoms with E-state index in [0.29, 0.717) is 0 Å². The molecule has 2 aromatic rings. The highest BCUT2D eigenvalue weighted by Gasteiger charge is 2.09. The summed E-state index contributed by atoms with van der Waals surface area (Å²) in [5.74, 6) is 0. The molecule has 2 aromatic carbocycles. The first-order valence-corrected chi connectivity index (χ1v) is 6.49. The molecule has 0 aliphatic carbocycles. The van der Waals surface area contributed by atoms with Crippen molar-refractivity contribution in [1.82, 2.24) is 0 Å². The standard InChI is InChI=1S/C17H18O/c1-2-3-8-14-11-7-12-16(13-18)17(14)15-9-5-4-6-10-15/h4-7,9-13H,2-3,8H2,1H3. The lowest BCUT2D eigenvalue weighted by Gasteiger charge is -2.12. The quantitative estimate of drug-likeness (QED) is 0.700. The number of aldehydes is 1. The van der Waals surface area contributed by atoms with Crippen LogP contribution in [0, 0.1) is 0 Å². The Bertz CT molecular complexity index is 514. The number of hydrogen-bond acceptors (Lipinski definition) is 1. The van der Waals surface area contributed by atoms with E-state index in [0.717, 1.165) is 35.8 Å². The maximum Gasteiger partial charge on any atom is 0.150 e. The van der Waals surface area contributed by atoms with Crippen LogP contribution in [-0.2, 0) is 6.42 Å². The lowest BCUT2D eigenvalue weighted by molar-refractivity contribution is 0.112. The third-order valence-corrected chi connectivity index (χ3v) is 3.17. The van der Waals surface area contributed by atoms with E-state index >= 15 is 0 Å². The molecule has 0 radical (unpaired) electrons. The Hall–Kier alpha value is -1.89. The molecule has 18 heavy (non-hydrogen) atoms. The van der Waals surface area contributed by atoms with Gasteiger partial charge in [0.05, 0.1) is 0 Å². The van der Waals surface area contributed by atoms with Crippen molar-refractivity contribution in [2.24, 2.45) is 0 Å². The van der Waals surface area contributed by atoms with Crippen molar-refractivity contribution in [3.63, 3.8) is 0 Å². The Balaban J connectivity index is 2.51. The zero-order valence-electron chi connectivity index (χ0n) is 10.7. The maximum atomic E-state index is 11.2. The van der Waals surface area contributed by atoms with Crippen molar-refractivity contribution in [2.45, 2.75) is 26.2 Å². The molecule has 1 nitrogen and oxygen atoms in total. The lowest BCUT2D eigenvalue weighted by atomic mass is 9.92. The molecule has 0 saturated heterocycles. The molecule has 0 unspecified atom stereocenters. The fourth-order valence-corrected chi connectivity index (χ4v) is 2.25. The average Bonchev–Trinajstić information content (AvgIpc) is 2.45. The highest BCUT2D eigenvalue weighted by atomic mass is 16.1. The first kappa shape index (κ1) is 12.6. The van der Waals surface area contributed by atoms with Gasteiger partial charge in [0, 0.05) is 5.56 Å². The van der Waals surface area contributed by atoms with E-state index < -0.39 is 0 Å². The van der Waals surface area contributed by atoms with Gasteiger partial charge in [0.25, 0.3) is 0 Å². The summed E-state index contributed by atoms with van der Waals surface area (Å²) < 4.78 is 0. The van der Waals surface area contributed by atoms with Gasteiger partial charge >= 0.3 is 0 Å². The molecule has 0 saturated carbocycles. The monoisotopic (exact) mass is 238 g/mol. The minimum Gasteiger partial charge on any atom is -0.298 e. The molecule has 0 atom stereocenters. The summed E-state index contributed by atoms with van der Waals surface area (Å²) >= 11 is 0. The summed E-state index contributed by atoms with van der Waals surface area (Å²) in [6.45, 7) is 2.19. The molecule has 1 heteroatoms. The third-order valence-electron chi connectivity index (χ3n) is 3.17. The van der Waals surface area contributed by atoms with E-state index in [-0.39, 0.29) is 0 Å². The van der Waals surface area contributed by atoms with Gasteiger partial charge in [0.15, 0.2) is 6.29 Å². The molecule has 0 amide bonds. The van der Waals surface area contributed by atoms with Crippen LogP contribution in [0.4, 0.5) is 0 Å². The smallest absolute Gasteiger partial charge is 0.150 e. The molecule has 0 bridgehead atoms. The topological polar surface area (TPSA) is 17.1 Å². The summed E-state index contributed by atoms with van der Waals surface area (Å²) in [5.41, 5.74) is 4.29. The van der Waals surface area contributed by atoms with E-state index in [2.05, 4.69) is 25.1 Å². The third kappa shape index (κ3) is 2.67. The van der Waals surface area contributed by atoms with Crippen LogP contribution in [0.5, 0.6) is 0 Å². The number of hydrogen-bond donors (Lipinski definition) is 0. The molecule has 0 fully saturated rings. The number of rotatable bonds is 5. The number of unbranched alkanes of at least 4 members (excludes halogenated alkanes) is 1. The van der Waals surface area contributed by atoms with Crippen molar-refractivity contribution < 1.29 is 4.79 Å². The fourth-order valence-electron chi connectivity index (χ4n) is 2.25. The molecule has 0 heterocycles. The van der Waals surface area contributed by atoms with Crippen LogP contribution in [0.15, 0.2) is 48.5 Å². The van der Waals surface area contributed by atoms with Crippen LogP contribution >= 0.6 is 0 Å². The van der Waals surface area contributed by atoms with Gasteiger partial charge in [-0.05, 0) is 29.5 Å². The number of carbonyl (C=O) groups is 1. The van der Waals surface area contributed by atoms with Gasteiger partial charge in [0.1, 0.15) is 0 Å². The second kappa shape index (κ2) is 6.15. The van der Waals surface area contributed by atoms with E-state index in [1.807, 2.05) is 30.3 Å². The van der Waals surface area contributed by atoms with Gasteiger partial charge < -0.3 is 0 Å². The summed E-state index contributed by atoms with van der Waals surface area (Å²) in [6, 6.07) is 16.2. The Kier molecular flexibility index (Phi) is 4.30. The van der Waals surface area contributed by atoms with Crippen molar-refractivity contribution in [2.75, 3.05) is 0 Å². The second-order valence-corrected chi connectivity index (χ2v) is 4.47. The van der Waals surface area contributed by atoms with Gasteiger partial charge in [-0.3, -0.25) is 4.79 Å². The number of aryl methyl sites for hydroxylation is 1. The SMILES string of the molecule is CCCCc1cccc(C=O)c1-c1ccccc1. The van der Waals surface area contributed by atoms with Crippen LogP contribution < -0.4 is 0 Å². The van der Waals surface area contributed by atoms with Crippen LogP contribution in [0.25, 0.3) is 11.1 Å². The van der Waals surface area contributed by atoms with Gasteiger partial charge in [-0.2, -0.15) is 0 Å². The minimum absolute atomic E-state index is 0.787. The van der Waals surface area contributed by atoms with Gasteiger partial charge in [0.2, 0.25) is 0 Å². The number of carbonyl (C=O) groups excluding carboxylic acids is 1. The molecular weight excluding hydrogens is 220 g/mol. The highest BCUT2D eigenvalue weighted by molar-refractivity contribution is 5.89. The van der Waals surface area contributed by atoms with E-state index in [4.69, 9.17) is 0 Å². The molecule has 0 aromatic heterocycles. The lowest BCUT2D eigenvalue weighted by Crippen LogP contribution is -1.95. The average molecular weight is 238 g/mol. The van der Waals surface area contributed by atoms with E-state index in [1.165, 1.54) is 12.0 Å². The van der Waals surface area contributed by atoms with Crippen LogP contribution in [0.3, 0.4) is 0 Å². The van der Waals surface area contributed by atoms with Gasteiger partial charge in [-0.25, -0.2) is 0 Å². The predicted molar refractivity (Wildman–Crippen MR) is 75.9 cm³/mol. The molecular formula is C17H18O. The molecule has 92 valence electrons. The minimum atomic E-state index is 0.787. The van der Waals surface area contributed by atoms with Gasteiger partial charge in [-0.15, -0.1) is 0 Å². The van der Waals surface area contributed by atoms with Gasteiger partial charge in [-0.1, -0.05) is 61.9 Å². The highest BCUT2D eigenvalue weighted by Crippen LogP contribution is 2.28. The summed E-state index contributed by atoms with van der Waals surface area (Å²) in [6.07, 6.45) is 4.31. The normalized spacial score (nSPS) is 10.3. The number of benzene rings is 2. The van der Waals surface area contributed by atoms with Crippen molar-refractivity contribution in [3.8, 4) is 11.1 Å². The maximum absolute atomic E-state index is 11.2. The summed E-state index contributed by atoms with van der Waals surface area (Å²) in [7, 11) is 0. The Morgan fingerprint density at radius 1 is 1.00 bits per heavy atom. The van der Waals surface area contributed by atoms with Crippen molar-refractivity contribution in [1.29, 1.82) is 0 Å². The first-order chi connectivity index (χ1) is 8.86. The predicted octanol–water partition coefficient (Wildman–Crippen LogP) is 4.51. The Labute approximate surface area is 108 Å². The molecule has 0 spiro atoms. The molecule has 0 aliphatic rings. The summed E-state index contributed by atoms with van der Waals surface area (Å²) in [5, 5.41) is 0. The zero-order valence-corrected chi connectivity index (χ0v) is 10.7. The summed E-state index contributed by atoms with van der Waals surface area (Å²) in [4.78, 5) is 11.2. The van der Waals surface area contributed by atoms with Crippen LogP contribution in [0.1, 0.15) is 35.7 Å². The van der Waals surface area contributed by atoms with Crippen molar-refractivity contribution >= 4 is 6.29 Å². The van der Waals surface area contributed by atoms with Crippen molar-refractivity contribution in [3.05, 3.63) is 59.7 Å². The molecule has 0 aliphatic heterocycles. The van der Waals surface area contributed by atoms with Crippen LogP contribution in [0.2, 0.25) is 0 Å². The molecule has 2 rings (SSSR count). The largest absolute Gasteiger partial charge is 0.298 e.